The number of hydrogen-bond donors (Lipinski definition) is 0. The molecule has 0 fully saturated rings. The molecule has 11 heavy (non-hydrogen) atoms. The predicted octanol–water partition coefficient (Wildman–Crippen LogP) is 3.04. The fraction of sp³-hybridized carbons (Fsp3) is 0.900. The van der Waals surface area contributed by atoms with Crippen molar-refractivity contribution in [2.75, 3.05) is 0 Å². The first kappa shape index (κ1) is 11.6. The van der Waals surface area contributed by atoms with Crippen molar-refractivity contribution >= 4 is 3.90 Å². The molecule has 0 rings (SSSR count). The van der Waals surface area contributed by atoms with Crippen LogP contribution in [0.2, 0.25) is 0 Å². The monoisotopic (exact) mass is 324 g/mol. The Morgan fingerprint density at radius 1 is 1.09 bits per heavy atom. The van der Waals surface area contributed by atoms with Gasteiger partial charge in [-0.2, -0.15) is 0 Å². The Morgan fingerprint density at radius 3 is 1.55 bits per heavy atom. The third-order valence-corrected chi connectivity index (χ3v) is 6.19. The minimum absolute atomic E-state index is 0.434. The zero-order valence-corrected chi connectivity index (χ0v) is 11.5. The summed E-state index contributed by atoms with van der Waals surface area (Å²) in [4.78, 5) is 0. The third-order valence-electron chi connectivity index (χ3n) is 2.60. The van der Waals surface area contributed by atoms with Crippen LogP contribution in [0, 0.1) is 17.3 Å². The maximum absolute atomic E-state index is 2.36. The molecule has 1 heteroatoms. The first-order chi connectivity index (χ1) is 4.80. The van der Waals surface area contributed by atoms with Crippen LogP contribution in [0.25, 0.3) is 0 Å². The van der Waals surface area contributed by atoms with Crippen LogP contribution < -0.4 is 0 Å². The van der Waals surface area contributed by atoms with E-state index in [1.807, 2.05) is 0 Å². The van der Waals surface area contributed by atoms with Crippen LogP contribution >= 0.6 is 0 Å². The summed E-state index contributed by atoms with van der Waals surface area (Å²) < 4.78 is 1.70. The standard InChI is InChI=1S/C10H20.W/c1-8(2)7-10(5,6)9(3)4;/h8-9H,1-6H3;. The van der Waals surface area contributed by atoms with Crippen LogP contribution in [0.4, 0.5) is 0 Å². The number of rotatable bonds is 3. The van der Waals surface area contributed by atoms with Crippen molar-refractivity contribution in [1.29, 1.82) is 0 Å². The van der Waals surface area contributed by atoms with E-state index in [-0.39, 0.29) is 0 Å². The van der Waals surface area contributed by atoms with Crippen LogP contribution in [0.15, 0.2) is 0 Å². The molecule has 0 aliphatic heterocycles. The van der Waals surface area contributed by atoms with Gasteiger partial charge in [-0.3, -0.25) is 0 Å². The van der Waals surface area contributed by atoms with Gasteiger partial charge in [-0.25, -0.2) is 0 Å². The van der Waals surface area contributed by atoms with E-state index in [4.69, 9.17) is 0 Å². The van der Waals surface area contributed by atoms with E-state index in [1.54, 1.807) is 23.3 Å². The Bertz CT molecular complexity index is 143. The van der Waals surface area contributed by atoms with Gasteiger partial charge in [-0.1, -0.05) is 0 Å². The van der Waals surface area contributed by atoms with Gasteiger partial charge in [0.2, 0.25) is 0 Å². The second-order valence-electron chi connectivity index (χ2n) is 4.40. The van der Waals surface area contributed by atoms with E-state index < -0.39 is 0 Å². The summed E-state index contributed by atoms with van der Waals surface area (Å²) in [6, 6.07) is 0. The zero-order valence-electron chi connectivity index (χ0n) is 8.56. The molecular weight excluding hydrogens is 304 g/mol. The van der Waals surface area contributed by atoms with Crippen molar-refractivity contribution in [3.63, 3.8) is 0 Å². The van der Waals surface area contributed by atoms with Gasteiger partial charge < -0.3 is 0 Å². The van der Waals surface area contributed by atoms with Crippen LogP contribution in [0.1, 0.15) is 41.5 Å². The average Bonchev–Trinajstić information content (AvgIpc) is 1.85. The summed E-state index contributed by atoms with van der Waals surface area (Å²) in [7, 11) is 0. The molecule has 0 aromatic heterocycles. The second kappa shape index (κ2) is 3.99. The Morgan fingerprint density at radius 2 is 1.45 bits per heavy atom. The van der Waals surface area contributed by atoms with Gasteiger partial charge in [0.05, 0.1) is 0 Å². The molecule has 0 unspecified atom stereocenters. The summed E-state index contributed by atoms with van der Waals surface area (Å²) in [5.41, 5.74) is 0.434. The van der Waals surface area contributed by atoms with Crippen molar-refractivity contribution in [2.45, 2.75) is 41.5 Å². The topological polar surface area (TPSA) is 0 Å². The molecule has 0 saturated carbocycles. The van der Waals surface area contributed by atoms with E-state index in [0.29, 0.717) is 5.41 Å². The van der Waals surface area contributed by atoms with E-state index in [2.05, 4.69) is 41.5 Å². The Labute approximate surface area is 82.2 Å². The third kappa shape index (κ3) is 2.82. The molecule has 0 radical (unpaired) electrons. The van der Waals surface area contributed by atoms with Crippen molar-refractivity contribution in [3.05, 3.63) is 0 Å². The fourth-order valence-corrected chi connectivity index (χ4v) is 1.88. The molecule has 0 aliphatic carbocycles. The van der Waals surface area contributed by atoms with Gasteiger partial charge >= 0.3 is 82.0 Å². The van der Waals surface area contributed by atoms with Crippen molar-refractivity contribution in [2.24, 2.45) is 17.3 Å². The zero-order chi connectivity index (χ0) is 9.23. The van der Waals surface area contributed by atoms with Gasteiger partial charge in [-0.05, 0) is 0 Å². The quantitative estimate of drug-likeness (QED) is 0.749. The van der Waals surface area contributed by atoms with E-state index in [1.165, 1.54) is 0 Å². The maximum atomic E-state index is 2.36. The molecule has 0 bridgehead atoms. The first-order valence-corrected chi connectivity index (χ1v) is 5.81. The Balaban J connectivity index is 4.43. The molecule has 0 aromatic rings. The molecule has 0 spiro atoms. The normalized spacial score (nSPS) is 12.7. The molecule has 0 N–H and O–H groups in total. The molecule has 0 saturated heterocycles. The van der Waals surface area contributed by atoms with Crippen molar-refractivity contribution < 1.29 is 19.4 Å². The molecular formula is C10H20W. The molecule has 0 amide bonds. The second-order valence-corrected chi connectivity index (χ2v) is 5.98. The SMILES string of the molecule is CC(C)[C](=[W])C(C)(C)C(C)C. The Hall–Kier alpha value is 0.558. The van der Waals surface area contributed by atoms with Gasteiger partial charge in [0.25, 0.3) is 0 Å². The summed E-state index contributed by atoms with van der Waals surface area (Å²) in [5, 5.41) is 0. The molecule has 0 heterocycles. The molecule has 0 atom stereocenters. The van der Waals surface area contributed by atoms with Crippen LogP contribution in [-0.2, 0) is 19.4 Å². The summed E-state index contributed by atoms with van der Waals surface area (Å²) in [6.45, 7) is 13.9. The van der Waals surface area contributed by atoms with Gasteiger partial charge in [-0.15, -0.1) is 0 Å². The van der Waals surface area contributed by atoms with Gasteiger partial charge in [0, 0.05) is 0 Å². The van der Waals surface area contributed by atoms with E-state index in [0.717, 1.165) is 11.8 Å². The molecule has 0 aromatic carbocycles. The van der Waals surface area contributed by atoms with Crippen molar-refractivity contribution in [3.8, 4) is 0 Å². The van der Waals surface area contributed by atoms with Crippen molar-refractivity contribution in [1.82, 2.24) is 0 Å². The number of hydrogen-bond acceptors (Lipinski definition) is 0. The fourth-order valence-electron chi connectivity index (χ4n) is 1.03. The Kier molecular flexibility index (Phi) is 4.19. The van der Waals surface area contributed by atoms with Gasteiger partial charge in [0.1, 0.15) is 0 Å². The van der Waals surface area contributed by atoms with E-state index >= 15 is 0 Å². The molecule has 66 valence electrons. The van der Waals surface area contributed by atoms with Crippen LogP contribution in [0.5, 0.6) is 0 Å². The molecule has 0 aliphatic rings. The summed E-state index contributed by atoms with van der Waals surface area (Å²) in [6.07, 6.45) is 0. The minimum atomic E-state index is 0.434. The summed E-state index contributed by atoms with van der Waals surface area (Å²) in [5.74, 6) is 1.51. The van der Waals surface area contributed by atoms with E-state index in [9.17, 15) is 0 Å². The van der Waals surface area contributed by atoms with Crippen LogP contribution in [0.3, 0.4) is 0 Å². The predicted molar refractivity (Wildman–Crippen MR) is 48.5 cm³/mol. The molecule has 0 nitrogen and oxygen atoms in total. The first-order valence-electron chi connectivity index (χ1n) is 4.34. The van der Waals surface area contributed by atoms with Crippen LogP contribution in [-0.4, -0.2) is 3.90 Å². The average molecular weight is 324 g/mol. The van der Waals surface area contributed by atoms with Gasteiger partial charge in [0.15, 0.2) is 0 Å². The summed E-state index contributed by atoms with van der Waals surface area (Å²) >= 11 is 1.66.